The van der Waals surface area contributed by atoms with Crippen LogP contribution in [0.1, 0.15) is 35.4 Å². The molecule has 8 heteroatoms. The van der Waals surface area contributed by atoms with Crippen LogP contribution in [0, 0.1) is 0 Å². The summed E-state index contributed by atoms with van der Waals surface area (Å²) >= 11 is 7.51. The number of hydrogen-bond acceptors (Lipinski definition) is 5. The van der Waals surface area contributed by atoms with Crippen LogP contribution in [-0.2, 0) is 13.0 Å². The van der Waals surface area contributed by atoms with E-state index in [9.17, 15) is 4.79 Å². The van der Waals surface area contributed by atoms with Crippen molar-refractivity contribution in [3.8, 4) is 10.6 Å². The van der Waals surface area contributed by atoms with E-state index in [1.165, 1.54) is 11.3 Å². The first-order valence-corrected chi connectivity index (χ1v) is 12.6. The lowest BCUT2D eigenvalue weighted by Gasteiger charge is -2.29. The summed E-state index contributed by atoms with van der Waals surface area (Å²) in [6.07, 6.45) is 3.61. The van der Waals surface area contributed by atoms with Gasteiger partial charge in [-0.1, -0.05) is 35.0 Å². The summed E-state index contributed by atoms with van der Waals surface area (Å²) < 4.78 is 8.37. The predicted molar refractivity (Wildman–Crippen MR) is 133 cm³/mol. The van der Waals surface area contributed by atoms with Gasteiger partial charge in [-0.3, -0.25) is 4.79 Å². The van der Waals surface area contributed by atoms with Gasteiger partial charge < -0.3 is 19.3 Å². The average molecular weight is 483 g/mol. The lowest BCUT2D eigenvalue weighted by atomic mass is 10.1. The van der Waals surface area contributed by atoms with Crippen LogP contribution in [0.2, 0.25) is 4.34 Å². The van der Waals surface area contributed by atoms with Gasteiger partial charge >= 0.3 is 0 Å². The molecule has 0 unspecified atom stereocenters. The molecule has 0 radical (unpaired) electrons. The molecule has 1 N–H and O–H groups in total. The highest BCUT2D eigenvalue weighted by atomic mass is 35.5. The van der Waals surface area contributed by atoms with Gasteiger partial charge in [-0.15, -0.1) is 11.3 Å². The van der Waals surface area contributed by atoms with E-state index >= 15 is 0 Å². The van der Waals surface area contributed by atoms with Crippen LogP contribution in [0.4, 0.5) is 0 Å². The Hall–Kier alpha value is -2.61. The van der Waals surface area contributed by atoms with Crippen LogP contribution >= 0.6 is 22.9 Å². The molecule has 0 atom stereocenters. The lowest BCUT2D eigenvalue weighted by Crippen LogP contribution is -2.43. The van der Waals surface area contributed by atoms with E-state index in [0.29, 0.717) is 0 Å². The number of likely N-dealkylation sites (tertiary alicyclic amines) is 1. The summed E-state index contributed by atoms with van der Waals surface area (Å²) in [6.45, 7) is 2.77. The zero-order chi connectivity index (χ0) is 22.8. The van der Waals surface area contributed by atoms with E-state index in [1.54, 1.807) is 0 Å². The largest absolute Gasteiger partial charge is 0.355 e. The molecule has 172 valence electrons. The summed E-state index contributed by atoms with van der Waals surface area (Å²) in [5, 5.41) is 8.57. The van der Waals surface area contributed by atoms with Gasteiger partial charge in [0.25, 0.3) is 5.91 Å². The number of piperidine rings is 1. The molecule has 1 aromatic carbocycles. The molecule has 4 heterocycles. The molecule has 0 saturated carbocycles. The second-order valence-electron chi connectivity index (χ2n) is 8.68. The number of nitrogens with zero attached hydrogens (tertiary/aromatic N) is 3. The average Bonchev–Trinajstić information content (AvgIpc) is 3.54. The molecule has 0 aliphatic carbocycles. The second-order valence-corrected chi connectivity index (χ2v) is 10.4. The molecule has 1 amide bonds. The summed E-state index contributed by atoms with van der Waals surface area (Å²) in [5.41, 5.74) is 2.72. The smallest absolute Gasteiger partial charge is 0.268 e. The Morgan fingerprint density at radius 2 is 2.03 bits per heavy atom. The van der Waals surface area contributed by atoms with Crippen LogP contribution in [0.3, 0.4) is 0 Å². The molecule has 1 fully saturated rings. The number of thiophene rings is 1. The summed E-state index contributed by atoms with van der Waals surface area (Å²) in [6, 6.07) is 16.2. The first kappa shape index (κ1) is 22.2. The van der Waals surface area contributed by atoms with Crippen molar-refractivity contribution in [2.75, 3.05) is 20.1 Å². The Bertz CT molecular complexity index is 1250. The maximum atomic E-state index is 13.2. The van der Waals surface area contributed by atoms with Gasteiger partial charge in [-0.25, -0.2) is 0 Å². The molecule has 33 heavy (non-hydrogen) atoms. The molecule has 0 spiro atoms. The van der Waals surface area contributed by atoms with Gasteiger partial charge in [0.15, 0.2) is 5.76 Å². The highest BCUT2D eigenvalue weighted by Gasteiger charge is 2.22. The van der Waals surface area contributed by atoms with Crippen LogP contribution in [0.15, 0.2) is 53.1 Å². The molecule has 1 aliphatic rings. The van der Waals surface area contributed by atoms with E-state index in [-0.39, 0.29) is 11.9 Å². The van der Waals surface area contributed by atoms with Crippen molar-refractivity contribution >= 4 is 39.7 Å². The maximum absolute atomic E-state index is 13.2. The zero-order valence-corrected chi connectivity index (χ0v) is 20.2. The SMILES string of the molecule is CN1CCC(NC(=O)c2cc3ccccc3n2CCCc2cc(-c3ccc(Cl)s3)on2)CC1. The topological polar surface area (TPSA) is 63.3 Å². The molecule has 4 aromatic rings. The van der Waals surface area contributed by atoms with Crippen LogP contribution < -0.4 is 5.32 Å². The Balaban J connectivity index is 1.28. The number of nitrogens with one attached hydrogen (secondary N) is 1. The lowest BCUT2D eigenvalue weighted by molar-refractivity contribution is 0.0907. The maximum Gasteiger partial charge on any atom is 0.268 e. The minimum Gasteiger partial charge on any atom is -0.355 e. The van der Waals surface area contributed by atoms with Crippen molar-refractivity contribution in [3.05, 3.63) is 64.3 Å². The first-order chi connectivity index (χ1) is 16.1. The van der Waals surface area contributed by atoms with Crippen molar-refractivity contribution in [3.63, 3.8) is 0 Å². The first-order valence-electron chi connectivity index (χ1n) is 11.4. The fourth-order valence-electron chi connectivity index (χ4n) is 4.46. The van der Waals surface area contributed by atoms with Gasteiger partial charge in [-0.05, 0) is 70.1 Å². The molecule has 1 aliphatic heterocycles. The fraction of sp³-hybridized carbons (Fsp3) is 0.360. The Morgan fingerprint density at radius 1 is 1.21 bits per heavy atom. The number of para-hydroxylation sites is 1. The van der Waals surface area contributed by atoms with Crippen molar-refractivity contribution in [2.45, 2.75) is 38.3 Å². The second kappa shape index (κ2) is 9.71. The number of aryl methyl sites for hydroxylation is 2. The number of aromatic nitrogens is 2. The number of carbonyl (C=O) groups is 1. The number of amides is 1. The number of halogens is 1. The molecular weight excluding hydrogens is 456 g/mol. The van der Waals surface area contributed by atoms with Gasteiger partial charge in [0.05, 0.1) is 14.9 Å². The molecular formula is C25H27ClN4O2S. The Kier molecular flexibility index (Phi) is 6.53. The highest BCUT2D eigenvalue weighted by Crippen LogP contribution is 2.31. The summed E-state index contributed by atoms with van der Waals surface area (Å²) in [5.74, 6) is 0.755. The van der Waals surface area contributed by atoms with Crippen molar-refractivity contribution < 1.29 is 9.32 Å². The van der Waals surface area contributed by atoms with E-state index in [4.69, 9.17) is 16.1 Å². The number of rotatable bonds is 7. The predicted octanol–water partition coefficient (Wildman–Crippen LogP) is 5.47. The zero-order valence-electron chi connectivity index (χ0n) is 18.6. The number of benzene rings is 1. The van der Waals surface area contributed by atoms with Crippen molar-refractivity contribution in [2.24, 2.45) is 0 Å². The van der Waals surface area contributed by atoms with Gasteiger partial charge in [0.2, 0.25) is 0 Å². The molecule has 0 bridgehead atoms. The minimum atomic E-state index is 0.0130. The van der Waals surface area contributed by atoms with Gasteiger partial charge in [-0.2, -0.15) is 0 Å². The molecule has 5 rings (SSSR count). The summed E-state index contributed by atoms with van der Waals surface area (Å²) in [7, 11) is 2.13. The monoisotopic (exact) mass is 482 g/mol. The van der Waals surface area contributed by atoms with E-state index in [1.807, 2.05) is 36.4 Å². The third-order valence-electron chi connectivity index (χ3n) is 6.29. The van der Waals surface area contributed by atoms with E-state index < -0.39 is 0 Å². The fourth-order valence-corrected chi connectivity index (χ4v) is 5.45. The van der Waals surface area contributed by atoms with Crippen LogP contribution in [-0.4, -0.2) is 46.7 Å². The number of fused-ring (bicyclic) bond motifs is 1. The third kappa shape index (κ3) is 5.00. The van der Waals surface area contributed by atoms with Crippen LogP contribution in [0.25, 0.3) is 21.5 Å². The van der Waals surface area contributed by atoms with Crippen molar-refractivity contribution in [1.29, 1.82) is 0 Å². The van der Waals surface area contributed by atoms with Gasteiger partial charge in [0.1, 0.15) is 5.69 Å². The van der Waals surface area contributed by atoms with Crippen molar-refractivity contribution in [1.82, 2.24) is 19.9 Å². The van der Waals surface area contributed by atoms with E-state index in [2.05, 4.69) is 39.1 Å². The minimum absolute atomic E-state index is 0.0130. The molecule has 6 nitrogen and oxygen atoms in total. The number of hydrogen-bond donors (Lipinski definition) is 1. The molecule has 3 aromatic heterocycles. The Morgan fingerprint density at radius 3 is 2.82 bits per heavy atom. The van der Waals surface area contributed by atoms with Gasteiger partial charge in [0, 0.05) is 29.6 Å². The highest BCUT2D eigenvalue weighted by molar-refractivity contribution is 7.19. The quantitative estimate of drug-likeness (QED) is 0.379. The third-order valence-corrected chi connectivity index (χ3v) is 7.53. The molecule has 1 saturated heterocycles. The standard InChI is InChI=1S/C25H27ClN4O2S/c1-29-13-10-18(11-14-29)27-25(31)21-15-17-5-2-3-7-20(17)30(21)12-4-6-19-16-22(32-28-19)23-8-9-24(26)33-23/h2-3,5,7-9,15-16,18H,4,6,10-14H2,1H3,(H,27,31). The van der Waals surface area contributed by atoms with Crippen LogP contribution in [0.5, 0.6) is 0 Å². The Labute approximate surface area is 202 Å². The number of carbonyl (C=O) groups excluding carboxylic acids is 1. The van der Waals surface area contributed by atoms with E-state index in [0.717, 1.165) is 82.6 Å². The summed E-state index contributed by atoms with van der Waals surface area (Å²) in [4.78, 5) is 16.5. The normalized spacial score (nSPS) is 15.3.